The van der Waals surface area contributed by atoms with Gasteiger partial charge in [-0.1, -0.05) is 29.3 Å². The minimum Gasteiger partial charge on any atom is -0.309 e. The normalized spacial score (nSPS) is 13.8. The van der Waals surface area contributed by atoms with Crippen molar-refractivity contribution in [1.82, 2.24) is 5.32 Å². The number of halogens is 1. The molecule has 0 fully saturated rings. The molecule has 1 nitrogen and oxygen atoms in total. The first-order valence-corrected chi connectivity index (χ1v) is 6.22. The first-order chi connectivity index (χ1) is 7.76. The third-order valence-corrected chi connectivity index (χ3v) is 2.59. The van der Waals surface area contributed by atoms with Crippen LogP contribution in [0.2, 0.25) is 0 Å². The van der Waals surface area contributed by atoms with E-state index in [0.717, 1.165) is 5.56 Å². The summed E-state index contributed by atoms with van der Waals surface area (Å²) in [5.74, 6) is 0. The van der Waals surface area contributed by atoms with Gasteiger partial charge >= 0.3 is 0 Å². The Labute approximate surface area is 104 Å². The maximum atomic E-state index is 13.8. The van der Waals surface area contributed by atoms with E-state index in [0.29, 0.717) is 13.0 Å². The highest BCUT2D eigenvalue weighted by molar-refractivity contribution is 5.28. The van der Waals surface area contributed by atoms with Crippen LogP contribution in [-0.4, -0.2) is 18.3 Å². The molecule has 96 valence electrons. The smallest absolute Gasteiger partial charge is 0.117 e. The first-order valence-electron chi connectivity index (χ1n) is 6.22. The highest BCUT2D eigenvalue weighted by atomic mass is 19.1. The van der Waals surface area contributed by atoms with Crippen molar-refractivity contribution >= 4 is 0 Å². The van der Waals surface area contributed by atoms with Gasteiger partial charge in [-0.3, -0.25) is 0 Å². The van der Waals surface area contributed by atoms with Gasteiger partial charge in [0.2, 0.25) is 0 Å². The van der Waals surface area contributed by atoms with Gasteiger partial charge in [-0.05, 0) is 40.2 Å². The van der Waals surface area contributed by atoms with E-state index in [9.17, 15) is 4.39 Å². The van der Waals surface area contributed by atoms with Crippen molar-refractivity contribution < 1.29 is 4.39 Å². The highest BCUT2D eigenvalue weighted by Crippen LogP contribution is 2.12. The molecule has 1 aromatic rings. The number of hydrogen-bond acceptors (Lipinski definition) is 1. The average Bonchev–Trinajstić information content (AvgIpc) is 2.11. The molecule has 0 spiro atoms. The molecule has 0 aromatic heterocycles. The second-order valence-corrected chi connectivity index (χ2v) is 5.93. The molecular formula is C15H24FN. The minimum atomic E-state index is -0.824. The van der Waals surface area contributed by atoms with Crippen LogP contribution in [-0.2, 0) is 6.42 Å². The molecule has 0 aliphatic heterocycles. The van der Waals surface area contributed by atoms with Crippen LogP contribution in [0.5, 0.6) is 0 Å². The summed E-state index contributed by atoms with van der Waals surface area (Å²) in [6, 6.07) is 6.25. The van der Waals surface area contributed by atoms with Crippen LogP contribution in [0.1, 0.15) is 37.5 Å². The van der Waals surface area contributed by atoms with Crippen LogP contribution in [0.25, 0.3) is 0 Å². The Morgan fingerprint density at radius 1 is 1.12 bits per heavy atom. The Kier molecular flexibility index (Phi) is 4.70. The van der Waals surface area contributed by atoms with Crippen LogP contribution < -0.4 is 5.32 Å². The van der Waals surface area contributed by atoms with E-state index in [1.54, 1.807) is 0 Å². The van der Waals surface area contributed by atoms with Crippen LogP contribution in [0.15, 0.2) is 18.2 Å². The zero-order valence-electron chi connectivity index (χ0n) is 11.6. The number of rotatable bonds is 4. The largest absolute Gasteiger partial charge is 0.309 e. The fourth-order valence-corrected chi connectivity index (χ4v) is 1.93. The van der Waals surface area contributed by atoms with E-state index in [-0.39, 0.29) is 5.54 Å². The molecule has 0 radical (unpaired) electrons. The van der Waals surface area contributed by atoms with E-state index >= 15 is 0 Å². The zero-order valence-corrected chi connectivity index (χ0v) is 11.6. The van der Waals surface area contributed by atoms with Gasteiger partial charge in [0.05, 0.1) is 0 Å². The Morgan fingerprint density at radius 3 is 2.12 bits per heavy atom. The molecule has 1 atom stereocenters. The molecule has 0 saturated carbocycles. The minimum absolute atomic E-state index is 0.0210. The first kappa shape index (κ1) is 14.2. The fourth-order valence-electron chi connectivity index (χ4n) is 1.93. The number of hydrogen-bond donors (Lipinski definition) is 1. The summed E-state index contributed by atoms with van der Waals surface area (Å²) < 4.78 is 13.8. The van der Waals surface area contributed by atoms with E-state index in [1.165, 1.54) is 11.1 Å². The van der Waals surface area contributed by atoms with Gasteiger partial charge in [0, 0.05) is 18.5 Å². The molecule has 0 aliphatic rings. The van der Waals surface area contributed by atoms with E-state index in [4.69, 9.17) is 0 Å². The second kappa shape index (κ2) is 5.63. The Bertz CT molecular complexity index is 345. The van der Waals surface area contributed by atoms with Crippen molar-refractivity contribution in [2.45, 2.75) is 52.8 Å². The van der Waals surface area contributed by atoms with Crippen LogP contribution >= 0.6 is 0 Å². The Hall–Kier alpha value is -0.890. The molecular weight excluding hydrogens is 213 g/mol. The Balaban J connectivity index is 2.53. The van der Waals surface area contributed by atoms with Gasteiger partial charge in [-0.15, -0.1) is 0 Å². The zero-order chi connectivity index (χ0) is 13.1. The number of aryl methyl sites for hydroxylation is 2. The molecule has 1 N–H and O–H groups in total. The van der Waals surface area contributed by atoms with Crippen molar-refractivity contribution in [2.24, 2.45) is 0 Å². The maximum Gasteiger partial charge on any atom is 0.117 e. The quantitative estimate of drug-likeness (QED) is 0.844. The van der Waals surface area contributed by atoms with Gasteiger partial charge in [0.25, 0.3) is 0 Å². The molecule has 0 bridgehead atoms. The van der Waals surface area contributed by atoms with Crippen LogP contribution in [0.4, 0.5) is 4.39 Å². The van der Waals surface area contributed by atoms with Crippen LogP contribution in [0, 0.1) is 13.8 Å². The SMILES string of the molecule is Cc1cc(C)cc(CC(F)CNC(C)(C)C)c1. The molecule has 2 heteroatoms. The van der Waals surface area contributed by atoms with Crippen molar-refractivity contribution in [3.63, 3.8) is 0 Å². The number of alkyl halides is 1. The number of benzene rings is 1. The van der Waals surface area contributed by atoms with Gasteiger partial charge in [-0.25, -0.2) is 4.39 Å². The predicted molar refractivity (Wildman–Crippen MR) is 72.3 cm³/mol. The van der Waals surface area contributed by atoms with E-state index in [2.05, 4.69) is 58.1 Å². The predicted octanol–water partition coefficient (Wildman–Crippen LogP) is 3.57. The fraction of sp³-hybridized carbons (Fsp3) is 0.600. The summed E-state index contributed by atoms with van der Waals surface area (Å²) in [5, 5.41) is 3.20. The number of nitrogens with one attached hydrogen (secondary N) is 1. The lowest BCUT2D eigenvalue weighted by molar-refractivity contribution is 0.284. The van der Waals surface area contributed by atoms with Gasteiger partial charge in [0.15, 0.2) is 0 Å². The van der Waals surface area contributed by atoms with Gasteiger partial charge < -0.3 is 5.32 Å². The third kappa shape index (κ3) is 5.83. The lowest BCUT2D eigenvalue weighted by atomic mass is 10.0. The summed E-state index contributed by atoms with van der Waals surface area (Å²) in [6.45, 7) is 10.7. The Morgan fingerprint density at radius 2 is 1.65 bits per heavy atom. The molecule has 0 saturated heterocycles. The molecule has 1 unspecified atom stereocenters. The average molecular weight is 237 g/mol. The molecule has 1 aromatic carbocycles. The van der Waals surface area contributed by atoms with Crippen molar-refractivity contribution in [1.29, 1.82) is 0 Å². The maximum absolute atomic E-state index is 13.8. The summed E-state index contributed by atoms with van der Waals surface area (Å²) in [5.41, 5.74) is 3.48. The topological polar surface area (TPSA) is 12.0 Å². The molecule has 0 amide bonds. The van der Waals surface area contributed by atoms with Crippen molar-refractivity contribution in [3.8, 4) is 0 Å². The lowest BCUT2D eigenvalue weighted by Gasteiger charge is -2.22. The van der Waals surface area contributed by atoms with E-state index < -0.39 is 6.17 Å². The van der Waals surface area contributed by atoms with Crippen LogP contribution in [0.3, 0.4) is 0 Å². The van der Waals surface area contributed by atoms with Crippen molar-refractivity contribution in [2.75, 3.05) is 6.54 Å². The summed E-state index contributed by atoms with van der Waals surface area (Å²) in [4.78, 5) is 0. The molecule has 0 aliphatic carbocycles. The van der Waals surface area contributed by atoms with Crippen molar-refractivity contribution in [3.05, 3.63) is 34.9 Å². The lowest BCUT2D eigenvalue weighted by Crippen LogP contribution is -2.40. The van der Waals surface area contributed by atoms with E-state index in [1.807, 2.05) is 0 Å². The summed E-state index contributed by atoms with van der Waals surface area (Å²) in [7, 11) is 0. The summed E-state index contributed by atoms with van der Waals surface area (Å²) in [6.07, 6.45) is -0.332. The monoisotopic (exact) mass is 237 g/mol. The van der Waals surface area contributed by atoms with Gasteiger partial charge in [0.1, 0.15) is 6.17 Å². The third-order valence-electron chi connectivity index (χ3n) is 2.59. The molecule has 0 heterocycles. The standard InChI is InChI=1S/C15H24FN/c1-11-6-12(2)8-13(7-11)9-14(16)10-17-15(3,4)5/h6-8,14,17H,9-10H2,1-5H3. The highest BCUT2D eigenvalue weighted by Gasteiger charge is 2.14. The second-order valence-electron chi connectivity index (χ2n) is 5.93. The molecule has 17 heavy (non-hydrogen) atoms. The molecule has 1 rings (SSSR count). The summed E-state index contributed by atoms with van der Waals surface area (Å²) >= 11 is 0. The van der Waals surface area contributed by atoms with Gasteiger partial charge in [-0.2, -0.15) is 0 Å².